The smallest absolute Gasteiger partial charge is 0.315 e. The summed E-state index contributed by atoms with van der Waals surface area (Å²) in [6.45, 7) is 0. The Hall–Kier alpha value is -3.47. The van der Waals surface area contributed by atoms with Crippen molar-refractivity contribution in [2.45, 2.75) is 6.18 Å². The van der Waals surface area contributed by atoms with E-state index in [4.69, 9.17) is 0 Å². The summed E-state index contributed by atoms with van der Waals surface area (Å²) in [5.41, 5.74) is 0.522. The summed E-state index contributed by atoms with van der Waals surface area (Å²) in [6, 6.07) is 11.0. The molecule has 0 aliphatic carbocycles. The number of rotatable bonds is 2. The maximum atomic E-state index is 12.9. The zero-order chi connectivity index (χ0) is 18.2. The van der Waals surface area contributed by atoms with Crippen molar-refractivity contribution in [1.29, 1.82) is 5.26 Å². The summed E-state index contributed by atoms with van der Waals surface area (Å²) in [7, 11) is 0. The highest BCUT2D eigenvalue weighted by atomic mass is 19.4. The molecule has 2 aromatic heterocycles. The summed E-state index contributed by atoms with van der Waals surface area (Å²) in [5.74, 6) is -0.917. The van der Waals surface area contributed by atoms with Gasteiger partial charge in [0.15, 0.2) is 0 Å². The van der Waals surface area contributed by atoms with Gasteiger partial charge >= 0.3 is 12.1 Å². The van der Waals surface area contributed by atoms with E-state index in [1.54, 1.807) is 0 Å². The molecular weight excluding hydrogens is 335 g/mol. The Labute approximate surface area is 138 Å². The van der Waals surface area contributed by atoms with Crippen molar-refractivity contribution in [3.63, 3.8) is 0 Å². The fourth-order valence-electron chi connectivity index (χ4n) is 2.52. The van der Waals surface area contributed by atoms with Crippen molar-refractivity contribution < 1.29 is 18.0 Å². The van der Waals surface area contributed by atoms with Gasteiger partial charge < -0.3 is 4.40 Å². The number of nitriles is 1. The van der Waals surface area contributed by atoms with Crippen molar-refractivity contribution in [3.05, 3.63) is 70.3 Å². The highest BCUT2D eigenvalue weighted by molar-refractivity contribution is 5.95. The van der Waals surface area contributed by atoms with Crippen LogP contribution < -0.4 is 0 Å². The molecule has 0 N–H and O–H groups in total. The Bertz CT molecular complexity index is 1030. The number of fused-ring (bicyclic) bond motifs is 1. The van der Waals surface area contributed by atoms with Crippen LogP contribution in [0.3, 0.4) is 0 Å². The Morgan fingerprint density at radius 3 is 2.36 bits per heavy atom. The first-order valence-corrected chi connectivity index (χ1v) is 6.95. The van der Waals surface area contributed by atoms with E-state index in [0.717, 1.165) is 12.1 Å². The lowest BCUT2D eigenvalue weighted by atomic mass is 10.1. The number of halogens is 3. The van der Waals surface area contributed by atoms with Crippen LogP contribution in [-0.4, -0.2) is 10.3 Å². The molecule has 1 aromatic carbocycles. The molecule has 124 valence electrons. The molecule has 0 bridgehead atoms. The molecule has 0 spiro atoms. The summed E-state index contributed by atoms with van der Waals surface area (Å²) in [5, 5.41) is 11.5. The number of benzene rings is 1. The van der Waals surface area contributed by atoms with E-state index in [0.29, 0.717) is 11.3 Å². The number of pyridine rings is 1. The number of alkyl halides is 3. The predicted molar refractivity (Wildman–Crippen MR) is 82.7 cm³/mol. The van der Waals surface area contributed by atoms with Crippen LogP contribution in [0.5, 0.6) is 0 Å². The molecule has 0 fully saturated rings. The van der Waals surface area contributed by atoms with E-state index in [1.165, 1.54) is 40.9 Å². The normalized spacial score (nSPS) is 11.3. The standard InChI is InChI=1S/C17H8F3N3O2/c18-17(19,20)13-5-6-23-14(7-12(9-21)15(23)8-13)10-1-3-11(4-2-10)16(24)22-25/h1-8H. The zero-order valence-electron chi connectivity index (χ0n) is 12.4. The first kappa shape index (κ1) is 16.4. The molecule has 25 heavy (non-hydrogen) atoms. The lowest BCUT2D eigenvalue weighted by molar-refractivity contribution is -0.137. The third-order valence-corrected chi connectivity index (χ3v) is 3.73. The molecule has 0 radical (unpaired) electrons. The Morgan fingerprint density at radius 2 is 1.80 bits per heavy atom. The van der Waals surface area contributed by atoms with Gasteiger partial charge in [0.2, 0.25) is 0 Å². The van der Waals surface area contributed by atoms with Gasteiger partial charge in [-0.2, -0.15) is 18.4 Å². The second-order valence-electron chi connectivity index (χ2n) is 5.20. The average Bonchev–Trinajstić information content (AvgIpc) is 2.98. The highest BCUT2D eigenvalue weighted by Crippen LogP contribution is 2.33. The van der Waals surface area contributed by atoms with Gasteiger partial charge in [0.1, 0.15) is 6.07 Å². The first-order valence-electron chi connectivity index (χ1n) is 6.95. The Kier molecular flexibility index (Phi) is 3.85. The van der Waals surface area contributed by atoms with Gasteiger partial charge in [0.25, 0.3) is 0 Å². The van der Waals surface area contributed by atoms with Gasteiger partial charge in [-0.1, -0.05) is 12.1 Å². The van der Waals surface area contributed by atoms with Crippen molar-refractivity contribution >= 4 is 11.4 Å². The van der Waals surface area contributed by atoms with Gasteiger partial charge in [-0.05, 0) is 35.9 Å². The number of nitrogens with zero attached hydrogens (tertiary/aromatic N) is 3. The molecule has 0 aliphatic heterocycles. The molecule has 0 atom stereocenters. The molecular formula is C17H8F3N3O2. The van der Waals surface area contributed by atoms with Crippen LogP contribution in [0, 0.1) is 16.2 Å². The maximum absolute atomic E-state index is 12.9. The van der Waals surface area contributed by atoms with Crippen molar-refractivity contribution in [2.24, 2.45) is 5.18 Å². The lowest BCUT2D eigenvalue weighted by Crippen LogP contribution is -2.05. The van der Waals surface area contributed by atoms with E-state index in [2.05, 4.69) is 5.18 Å². The van der Waals surface area contributed by atoms with Crippen LogP contribution in [0.1, 0.15) is 21.5 Å². The molecule has 0 aliphatic rings. The number of aromatic nitrogens is 1. The number of nitroso groups, excluding NO2 is 1. The molecule has 3 rings (SSSR count). The van der Waals surface area contributed by atoms with Gasteiger partial charge in [-0.3, -0.25) is 4.79 Å². The molecule has 0 unspecified atom stereocenters. The van der Waals surface area contributed by atoms with Gasteiger partial charge in [0.05, 0.1) is 22.3 Å². The van der Waals surface area contributed by atoms with Crippen LogP contribution in [0.2, 0.25) is 0 Å². The number of carbonyl (C=O) groups is 1. The molecule has 3 aromatic rings. The minimum absolute atomic E-state index is 0.0933. The largest absolute Gasteiger partial charge is 0.416 e. The maximum Gasteiger partial charge on any atom is 0.416 e. The predicted octanol–water partition coefficient (Wildman–Crippen LogP) is 4.40. The SMILES string of the molecule is N#Cc1cc(-c2ccc(C(=O)N=O)cc2)n2ccc(C(F)(F)F)cc12. The van der Waals surface area contributed by atoms with Crippen LogP contribution in [0.25, 0.3) is 16.8 Å². The fourth-order valence-corrected chi connectivity index (χ4v) is 2.52. The monoisotopic (exact) mass is 343 g/mol. The summed E-state index contributed by atoms with van der Waals surface area (Å²) in [6.07, 6.45) is -3.27. The van der Waals surface area contributed by atoms with E-state index < -0.39 is 17.6 Å². The fraction of sp³-hybridized carbons (Fsp3) is 0.0588. The van der Waals surface area contributed by atoms with Gasteiger partial charge in [-0.25, -0.2) is 0 Å². The number of carbonyl (C=O) groups excluding carboxylic acids is 1. The van der Waals surface area contributed by atoms with Gasteiger partial charge in [-0.15, -0.1) is 4.91 Å². The molecule has 2 heterocycles. The average molecular weight is 343 g/mol. The lowest BCUT2D eigenvalue weighted by Gasteiger charge is -2.08. The quantitative estimate of drug-likeness (QED) is 0.647. The third-order valence-electron chi connectivity index (χ3n) is 3.73. The van der Waals surface area contributed by atoms with Crippen LogP contribution in [0.4, 0.5) is 13.2 Å². The molecule has 1 amide bonds. The third kappa shape index (κ3) is 2.87. The molecule has 0 saturated heterocycles. The number of hydrogen-bond donors (Lipinski definition) is 0. The summed E-state index contributed by atoms with van der Waals surface area (Å²) >= 11 is 0. The highest BCUT2D eigenvalue weighted by Gasteiger charge is 2.31. The number of hydrogen-bond acceptors (Lipinski definition) is 3. The first-order chi connectivity index (χ1) is 11.8. The van der Waals surface area contributed by atoms with Crippen molar-refractivity contribution in [2.75, 3.05) is 0 Å². The summed E-state index contributed by atoms with van der Waals surface area (Å²) < 4.78 is 40.1. The zero-order valence-corrected chi connectivity index (χ0v) is 12.4. The van der Waals surface area contributed by atoms with E-state index in [9.17, 15) is 28.1 Å². The molecule has 8 heteroatoms. The van der Waals surface area contributed by atoms with Crippen LogP contribution >= 0.6 is 0 Å². The minimum atomic E-state index is -4.51. The minimum Gasteiger partial charge on any atom is -0.315 e. The molecule has 0 saturated carbocycles. The Balaban J connectivity index is 2.16. The van der Waals surface area contributed by atoms with Crippen molar-refractivity contribution in [1.82, 2.24) is 4.40 Å². The van der Waals surface area contributed by atoms with E-state index >= 15 is 0 Å². The van der Waals surface area contributed by atoms with Gasteiger partial charge in [0, 0.05) is 16.9 Å². The Morgan fingerprint density at radius 1 is 1.12 bits per heavy atom. The second-order valence-corrected chi connectivity index (χ2v) is 5.20. The summed E-state index contributed by atoms with van der Waals surface area (Å²) in [4.78, 5) is 21.5. The van der Waals surface area contributed by atoms with Crippen LogP contribution in [0.15, 0.2) is 53.8 Å². The molecule has 5 nitrogen and oxygen atoms in total. The van der Waals surface area contributed by atoms with Crippen LogP contribution in [-0.2, 0) is 6.18 Å². The second kappa shape index (κ2) is 5.87. The van der Waals surface area contributed by atoms with E-state index in [-0.39, 0.29) is 16.6 Å². The van der Waals surface area contributed by atoms with Crippen molar-refractivity contribution in [3.8, 4) is 17.3 Å². The number of amides is 1. The topological polar surface area (TPSA) is 74.7 Å². The van der Waals surface area contributed by atoms with E-state index in [1.807, 2.05) is 6.07 Å².